The van der Waals surface area contributed by atoms with Gasteiger partial charge in [-0.1, -0.05) is 19.6 Å². The zero-order chi connectivity index (χ0) is 25.2. The molecule has 1 fully saturated rings. The topological polar surface area (TPSA) is 69.1 Å². The van der Waals surface area contributed by atoms with Crippen molar-refractivity contribution in [1.82, 2.24) is 14.5 Å². The normalized spacial score (nSPS) is 21.3. The second-order valence-electron chi connectivity index (χ2n) is 11.1. The van der Waals surface area contributed by atoms with E-state index < -0.39 is 8.07 Å². The molecule has 0 spiro atoms. The Morgan fingerprint density at radius 1 is 1.14 bits per heavy atom. The molecule has 3 heterocycles. The monoisotopic (exact) mass is 502 g/mol. The van der Waals surface area contributed by atoms with Crippen molar-refractivity contribution in [3.63, 3.8) is 0 Å². The van der Waals surface area contributed by atoms with Crippen molar-refractivity contribution in [3.8, 4) is 0 Å². The molecule has 8 nitrogen and oxygen atoms in total. The highest BCUT2D eigenvalue weighted by Crippen LogP contribution is 2.40. The second kappa shape index (κ2) is 11.0. The number of nitrogens with zero attached hydrogens (tertiary/aromatic N) is 4. The van der Waals surface area contributed by atoms with Gasteiger partial charge in [-0.2, -0.15) is 0 Å². The summed E-state index contributed by atoms with van der Waals surface area (Å²) in [6.45, 7) is 11.7. The number of methoxy groups -OCH3 is 2. The second-order valence-corrected chi connectivity index (χ2v) is 16.7. The molecular formula is C26H42N4O4Si. The third-order valence-corrected chi connectivity index (χ3v) is 9.23. The van der Waals surface area contributed by atoms with Crippen LogP contribution in [0.15, 0.2) is 18.5 Å². The van der Waals surface area contributed by atoms with Gasteiger partial charge in [0.15, 0.2) is 6.29 Å². The van der Waals surface area contributed by atoms with E-state index in [9.17, 15) is 4.79 Å². The first kappa shape index (κ1) is 26.1. The van der Waals surface area contributed by atoms with Crippen LogP contribution in [-0.4, -0.2) is 74.8 Å². The molecule has 194 valence electrons. The number of hydrogen-bond donors (Lipinski definition) is 0. The van der Waals surface area contributed by atoms with E-state index in [0.29, 0.717) is 37.5 Å². The maximum absolute atomic E-state index is 13.2. The number of hydrogen-bond acceptors (Lipinski definition) is 6. The van der Waals surface area contributed by atoms with Crippen LogP contribution in [0.2, 0.25) is 25.7 Å². The standard InChI is InChI=1S/C26H42N4O4Si/c1-7-28-17-30(20-10-8-19(9-11-20)26(32-2)33-3)23-21-12-13-29(18-34-14-15-35(4,5)6)24(21)27-16-22(23)25(28)31/h12-13,16,19-20,26H,7-11,14-15,17-18H2,1-6H3/t19-,20-. The van der Waals surface area contributed by atoms with Gasteiger partial charge in [-0.15, -0.1) is 0 Å². The Kier molecular flexibility index (Phi) is 8.20. The Hall–Kier alpha value is -1.94. The first-order chi connectivity index (χ1) is 16.8. The summed E-state index contributed by atoms with van der Waals surface area (Å²) in [7, 11) is 2.30. The largest absolute Gasteiger partial charge is 0.361 e. The number of anilines is 1. The van der Waals surface area contributed by atoms with E-state index in [1.54, 1.807) is 20.4 Å². The van der Waals surface area contributed by atoms with Crippen LogP contribution in [0.4, 0.5) is 5.69 Å². The molecule has 0 N–H and O–H groups in total. The molecule has 1 amide bonds. The number of pyridine rings is 1. The zero-order valence-corrected chi connectivity index (χ0v) is 23.2. The van der Waals surface area contributed by atoms with Crippen LogP contribution in [0.25, 0.3) is 11.0 Å². The van der Waals surface area contributed by atoms with Crippen molar-refractivity contribution in [2.24, 2.45) is 5.92 Å². The fourth-order valence-electron chi connectivity index (χ4n) is 5.43. The van der Waals surface area contributed by atoms with E-state index >= 15 is 0 Å². The molecule has 0 radical (unpaired) electrons. The van der Waals surface area contributed by atoms with Crippen LogP contribution in [0.3, 0.4) is 0 Å². The van der Waals surface area contributed by atoms with Gasteiger partial charge >= 0.3 is 0 Å². The number of ether oxygens (including phenoxy) is 3. The van der Waals surface area contributed by atoms with Gasteiger partial charge in [-0.3, -0.25) is 4.79 Å². The van der Waals surface area contributed by atoms with Crippen molar-refractivity contribution in [2.75, 3.05) is 38.9 Å². The van der Waals surface area contributed by atoms with Gasteiger partial charge in [0.25, 0.3) is 5.91 Å². The lowest BCUT2D eigenvalue weighted by molar-refractivity contribution is -0.144. The number of carbonyl (C=O) groups is 1. The number of aromatic nitrogens is 2. The molecule has 0 saturated heterocycles. The van der Waals surface area contributed by atoms with E-state index in [1.165, 1.54) is 0 Å². The highest BCUT2D eigenvalue weighted by Gasteiger charge is 2.37. The summed E-state index contributed by atoms with van der Waals surface area (Å²) in [5.41, 5.74) is 2.62. The summed E-state index contributed by atoms with van der Waals surface area (Å²) in [5.74, 6) is 0.473. The van der Waals surface area contributed by atoms with E-state index in [-0.39, 0.29) is 12.2 Å². The zero-order valence-electron chi connectivity index (χ0n) is 22.2. The van der Waals surface area contributed by atoms with E-state index in [0.717, 1.165) is 55.1 Å². The minimum absolute atomic E-state index is 0.0693. The van der Waals surface area contributed by atoms with Gasteiger partial charge in [0.2, 0.25) is 0 Å². The Balaban J connectivity index is 1.59. The van der Waals surface area contributed by atoms with Crippen molar-refractivity contribution in [1.29, 1.82) is 0 Å². The molecule has 0 unspecified atom stereocenters. The number of carbonyl (C=O) groups excluding carboxylic acids is 1. The highest BCUT2D eigenvalue weighted by atomic mass is 28.3. The summed E-state index contributed by atoms with van der Waals surface area (Å²) >= 11 is 0. The number of amides is 1. The van der Waals surface area contributed by atoms with Crippen molar-refractivity contribution >= 4 is 30.7 Å². The predicted molar refractivity (Wildman–Crippen MR) is 141 cm³/mol. The predicted octanol–water partition coefficient (Wildman–Crippen LogP) is 4.77. The van der Waals surface area contributed by atoms with E-state index in [2.05, 4.69) is 35.2 Å². The molecule has 4 rings (SSSR count). The maximum atomic E-state index is 13.2. The molecule has 2 aliphatic rings. The smallest absolute Gasteiger partial charge is 0.258 e. The van der Waals surface area contributed by atoms with Crippen LogP contribution in [0, 0.1) is 5.92 Å². The minimum atomic E-state index is -1.13. The first-order valence-corrected chi connectivity index (χ1v) is 16.6. The first-order valence-electron chi connectivity index (χ1n) is 12.9. The van der Waals surface area contributed by atoms with Gasteiger partial charge in [-0.05, 0) is 44.7 Å². The Morgan fingerprint density at radius 3 is 2.49 bits per heavy atom. The summed E-state index contributed by atoms with van der Waals surface area (Å²) in [6.07, 6.45) is 7.84. The fraction of sp³-hybridized carbons (Fsp3) is 0.692. The minimum Gasteiger partial charge on any atom is -0.361 e. The van der Waals surface area contributed by atoms with Gasteiger partial charge in [0, 0.05) is 65.2 Å². The molecule has 0 aromatic carbocycles. The van der Waals surface area contributed by atoms with E-state index in [1.807, 2.05) is 18.0 Å². The molecular weight excluding hydrogens is 460 g/mol. The van der Waals surface area contributed by atoms with Crippen molar-refractivity contribution in [3.05, 3.63) is 24.0 Å². The molecule has 0 atom stereocenters. The number of rotatable bonds is 10. The molecule has 2 aromatic heterocycles. The van der Waals surface area contributed by atoms with Crippen LogP contribution in [-0.2, 0) is 20.9 Å². The quantitative estimate of drug-likeness (QED) is 0.265. The average molecular weight is 503 g/mol. The average Bonchev–Trinajstić information content (AvgIpc) is 3.26. The molecule has 1 saturated carbocycles. The maximum Gasteiger partial charge on any atom is 0.258 e. The van der Waals surface area contributed by atoms with Crippen LogP contribution < -0.4 is 4.90 Å². The van der Waals surface area contributed by atoms with Crippen LogP contribution in [0.5, 0.6) is 0 Å². The Morgan fingerprint density at radius 2 is 1.86 bits per heavy atom. The third kappa shape index (κ3) is 5.58. The molecule has 9 heteroatoms. The SMILES string of the molecule is CCN1CN([C@H]2CC[C@H](C(OC)OC)CC2)c2c(cnc3c2ccn3COCC[Si](C)(C)C)C1=O. The molecule has 1 aliphatic heterocycles. The van der Waals surface area contributed by atoms with Gasteiger partial charge < -0.3 is 28.6 Å². The lowest BCUT2D eigenvalue weighted by Gasteiger charge is -2.45. The number of fused-ring (bicyclic) bond motifs is 3. The van der Waals surface area contributed by atoms with Crippen LogP contribution in [0.1, 0.15) is 43.0 Å². The Bertz CT molecular complexity index is 1010. The van der Waals surface area contributed by atoms with Crippen molar-refractivity contribution in [2.45, 2.75) is 77.4 Å². The fourth-order valence-corrected chi connectivity index (χ4v) is 6.19. The highest BCUT2D eigenvalue weighted by molar-refractivity contribution is 6.76. The molecule has 35 heavy (non-hydrogen) atoms. The molecule has 2 aromatic rings. The Labute approximate surface area is 210 Å². The molecule has 1 aliphatic carbocycles. The van der Waals surface area contributed by atoms with Gasteiger partial charge in [0.1, 0.15) is 12.4 Å². The summed E-state index contributed by atoms with van der Waals surface area (Å²) in [6, 6.07) is 3.60. The summed E-state index contributed by atoms with van der Waals surface area (Å²) in [4.78, 5) is 22.3. The molecule has 0 bridgehead atoms. The summed E-state index contributed by atoms with van der Waals surface area (Å²) < 4.78 is 19.1. The lowest BCUT2D eigenvalue weighted by Crippen LogP contribution is -2.52. The van der Waals surface area contributed by atoms with Crippen molar-refractivity contribution < 1.29 is 19.0 Å². The van der Waals surface area contributed by atoms with E-state index in [4.69, 9.17) is 19.2 Å². The summed E-state index contributed by atoms with van der Waals surface area (Å²) in [5, 5.41) is 1.04. The van der Waals surface area contributed by atoms with Gasteiger partial charge in [0.05, 0.1) is 17.9 Å². The lowest BCUT2D eigenvalue weighted by atomic mass is 9.84. The third-order valence-electron chi connectivity index (χ3n) is 7.53. The van der Waals surface area contributed by atoms with Crippen LogP contribution >= 0.6 is 0 Å². The van der Waals surface area contributed by atoms with Gasteiger partial charge in [-0.25, -0.2) is 4.98 Å².